The molecule has 0 aliphatic heterocycles. The molecule has 16 heavy (non-hydrogen) atoms. The smallest absolute Gasteiger partial charge is 0.306 e. The van der Waals surface area contributed by atoms with Crippen molar-refractivity contribution in [2.24, 2.45) is 0 Å². The summed E-state index contributed by atoms with van der Waals surface area (Å²) in [4.78, 5) is 4.08. The third-order valence-corrected chi connectivity index (χ3v) is 2.80. The first kappa shape index (κ1) is 9.69. The van der Waals surface area contributed by atoms with Crippen molar-refractivity contribution >= 4 is 5.65 Å². The second kappa shape index (κ2) is 2.99. The molecule has 2 heterocycles. The normalized spacial score (nSPS) is 16.9. The third kappa shape index (κ3) is 1.47. The number of pyridine rings is 1. The van der Waals surface area contributed by atoms with Crippen LogP contribution < -0.4 is 0 Å². The zero-order valence-electron chi connectivity index (χ0n) is 8.33. The van der Waals surface area contributed by atoms with E-state index < -0.39 is 11.7 Å². The molecule has 1 fully saturated rings. The molecule has 0 radical (unpaired) electrons. The second-order valence-electron chi connectivity index (χ2n) is 4.09. The minimum absolute atomic E-state index is 0.0110. The summed E-state index contributed by atoms with van der Waals surface area (Å²) in [5.74, 6) is 0.362. The van der Waals surface area contributed by atoms with Crippen molar-refractivity contribution in [1.82, 2.24) is 9.38 Å². The molecule has 2 aromatic rings. The van der Waals surface area contributed by atoms with Crippen LogP contribution in [0.25, 0.3) is 5.65 Å². The third-order valence-electron chi connectivity index (χ3n) is 2.80. The van der Waals surface area contributed by atoms with Gasteiger partial charge in [-0.3, -0.25) is 0 Å². The molecule has 3 rings (SSSR count). The standard InChI is InChI=1S/C11H9F3N2/c12-11(13,14)8-2-1-5-16-6-9(7-3-4-7)15-10(8)16/h1-2,5-7H,3-4H2. The molecule has 0 spiro atoms. The van der Waals surface area contributed by atoms with E-state index >= 15 is 0 Å². The lowest BCUT2D eigenvalue weighted by Crippen LogP contribution is -2.07. The quantitative estimate of drug-likeness (QED) is 0.729. The van der Waals surface area contributed by atoms with Crippen LogP contribution in [-0.2, 0) is 6.18 Å². The van der Waals surface area contributed by atoms with Gasteiger partial charge >= 0.3 is 6.18 Å². The van der Waals surface area contributed by atoms with Gasteiger partial charge in [-0.15, -0.1) is 0 Å². The van der Waals surface area contributed by atoms with Gasteiger partial charge in [0.25, 0.3) is 0 Å². The summed E-state index contributed by atoms with van der Waals surface area (Å²) in [6, 6.07) is 2.47. The highest BCUT2D eigenvalue weighted by atomic mass is 19.4. The Hall–Kier alpha value is -1.52. The first-order valence-corrected chi connectivity index (χ1v) is 5.10. The molecule has 0 bridgehead atoms. The highest BCUT2D eigenvalue weighted by molar-refractivity contribution is 5.51. The average molecular weight is 226 g/mol. The van der Waals surface area contributed by atoms with Crippen molar-refractivity contribution in [3.63, 3.8) is 0 Å². The number of alkyl halides is 3. The van der Waals surface area contributed by atoms with Crippen molar-refractivity contribution in [2.45, 2.75) is 24.9 Å². The molecule has 84 valence electrons. The number of fused-ring (bicyclic) bond motifs is 1. The largest absolute Gasteiger partial charge is 0.419 e. The van der Waals surface area contributed by atoms with Crippen molar-refractivity contribution in [3.05, 3.63) is 35.8 Å². The minimum Gasteiger partial charge on any atom is -0.306 e. The van der Waals surface area contributed by atoms with Crippen LogP contribution in [0.15, 0.2) is 24.5 Å². The van der Waals surface area contributed by atoms with E-state index in [4.69, 9.17) is 0 Å². The summed E-state index contributed by atoms with van der Waals surface area (Å²) in [5, 5.41) is 0. The van der Waals surface area contributed by atoms with E-state index in [2.05, 4.69) is 4.98 Å². The van der Waals surface area contributed by atoms with E-state index in [-0.39, 0.29) is 5.65 Å². The Morgan fingerprint density at radius 1 is 1.31 bits per heavy atom. The van der Waals surface area contributed by atoms with Gasteiger partial charge in [-0.2, -0.15) is 13.2 Å². The number of nitrogens with zero attached hydrogens (tertiary/aromatic N) is 2. The SMILES string of the molecule is FC(F)(F)c1cccn2cc(C3CC3)nc12. The van der Waals surface area contributed by atoms with Gasteiger partial charge in [-0.1, -0.05) is 0 Å². The van der Waals surface area contributed by atoms with E-state index in [0.717, 1.165) is 24.6 Å². The van der Waals surface area contributed by atoms with Crippen LogP contribution in [0.4, 0.5) is 13.2 Å². The molecule has 5 heteroatoms. The lowest BCUT2D eigenvalue weighted by atomic mass is 10.2. The molecule has 1 aliphatic carbocycles. The predicted octanol–water partition coefficient (Wildman–Crippen LogP) is 3.23. The highest BCUT2D eigenvalue weighted by Crippen LogP contribution is 2.40. The van der Waals surface area contributed by atoms with Crippen LogP contribution in [0.2, 0.25) is 0 Å². The topological polar surface area (TPSA) is 17.3 Å². The number of hydrogen-bond acceptors (Lipinski definition) is 1. The Balaban J connectivity index is 2.21. The minimum atomic E-state index is -4.34. The van der Waals surface area contributed by atoms with Crippen molar-refractivity contribution in [2.75, 3.05) is 0 Å². The Morgan fingerprint density at radius 2 is 2.06 bits per heavy atom. The summed E-state index contributed by atoms with van der Waals surface area (Å²) in [7, 11) is 0. The van der Waals surface area contributed by atoms with E-state index in [1.54, 1.807) is 12.4 Å². The highest BCUT2D eigenvalue weighted by Gasteiger charge is 2.35. The Morgan fingerprint density at radius 3 is 2.69 bits per heavy atom. The first-order chi connectivity index (χ1) is 7.55. The van der Waals surface area contributed by atoms with Crippen molar-refractivity contribution < 1.29 is 13.2 Å². The fraction of sp³-hybridized carbons (Fsp3) is 0.364. The summed E-state index contributed by atoms with van der Waals surface area (Å²) >= 11 is 0. The summed E-state index contributed by atoms with van der Waals surface area (Å²) in [5.41, 5.74) is 0.121. The van der Waals surface area contributed by atoms with E-state index in [9.17, 15) is 13.2 Å². The Kier molecular flexibility index (Phi) is 1.81. The lowest BCUT2D eigenvalue weighted by Gasteiger charge is -2.06. The molecule has 2 aromatic heterocycles. The second-order valence-corrected chi connectivity index (χ2v) is 4.09. The molecule has 0 atom stereocenters. The molecule has 1 saturated carbocycles. The average Bonchev–Trinajstić information content (AvgIpc) is 2.95. The lowest BCUT2D eigenvalue weighted by molar-refractivity contribution is -0.136. The van der Waals surface area contributed by atoms with Gasteiger partial charge in [0.1, 0.15) is 5.65 Å². The Labute approximate surface area is 89.7 Å². The summed E-state index contributed by atoms with van der Waals surface area (Å²) in [6.07, 6.45) is 1.02. The zero-order valence-corrected chi connectivity index (χ0v) is 8.33. The van der Waals surface area contributed by atoms with E-state index in [0.29, 0.717) is 5.92 Å². The number of halogens is 3. The molecule has 0 saturated heterocycles. The van der Waals surface area contributed by atoms with Crippen molar-refractivity contribution in [3.8, 4) is 0 Å². The maximum atomic E-state index is 12.7. The van der Waals surface area contributed by atoms with Gasteiger partial charge < -0.3 is 4.40 Å². The molecule has 2 nitrogen and oxygen atoms in total. The van der Waals surface area contributed by atoms with Gasteiger partial charge in [0.15, 0.2) is 0 Å². The molecular formula is C11H9F3N2. The maximum Gasteiger partial charge on any atom is 0.419 e. The number of hydrogen-bond donors (Lipinski definition) is 0. The van der Waals surface area contributed by atoms with Crippen molar-refractivity contribution in [1.29, 1.82) is 0 Å². The summed E-state index contributed by atoms with van der Waals surface area (Å²) in [6.45, 7) is 0. The number of aromatic nitrogens is 2. The molecular weight excluding hydrogens is 217 g/mol. The molecule has 1 aliphatic rings. The van der Waals surface area contributed by atoms with E-state index in [1.807, 2.05) is 0 Å². The fourth-order valence-corrected chi connectivity index (χ4v) is 1.83. The van der Waals surface area contributed by atoms with Gasteiger partial charge in [0, 0.05) is 18.3 Å². The zero-order chi connectivity index (χ0) is 11.3. The van der Waals surface area contributed by atoms with Gasteiger partial charge in [-0.25, -0.2) is 4.98 Å². The molecule has 0 aromatic carbocycles. The number of imidazole rings is 1. The van der Waals surface area contributed by atoms with Gasteiger partial charge in [0.2, 0.25) is 0 Å². The molecule has 0 unspecified atom stereocenters. The van der Waals surface area contributed by atoms with Crippen LogP contribution in [0, 0.1) is 0 Å². The van der Waals surface area contributed by atoms with Crippen LogP contribution >= 0.6 is 0 Å². The van der Waals surface area contributed by atoms with Gasteiger partial charge in [0.05, 0.1) is 11.3 Å². The molecule has 0 amide bonds. The van der Waals surface area contributed by atoms with Crippen LogP contribution in [0.3, 0.4) is 0 Å². The first-order valence-electron chi connectivity index (χ1n) is 5.10. The van der Waals surface area contributed by atoms with Crippen LogP contribution in [-0.4, -0.2) is 9.38 Å². The van der Waals surface area contributed by atoms with E-state index in [1.165, 1.54) is 10.5 Å². The maximum absolute atomic E-state index is 12.7. The predicted molar refractivity (Wildman–Crippen MR) is 52.2 cm³/mol. The Bertz CT molecular complexity index is 538. The summed E-state index contributed by atoms with van der Waals surface area (Å²) < 4.78 is 39.5. The molecule has 0 N–H and O–H groups in total. The number of rotatable bonds is 1. The van der Waals surface area contributed by atoms with Crippen LogP contribution in [0.5, 0.6) is 0 Å². The van der Waals surface area contributed by atoms with Crippen LogP contribution in [0.1, 0.15) is 30.0 Å². The fourth-order valence-electron chi connectivity index (χ4n) is 1.83. The monoisotopic (exact) mass is 226 g/mol. The van der Waals surface area contributed by atoms with Gasteiger partial charge in [-0.05, 0) is 25.0 Å².